The summed E-state index contributed by atoms with van der Waals surface area (Å²) in [4.78, 5) is 8.92. The van der Waals surface area contributed by atoms with Gasteiger partial charge in [-0.05, 0) is 43.3 Å². The first kappa shape index (κ1) is 17.7. The monoisotopic (exact) mass is 372 g/mol. The largest absolute Gasteiger partial charge is 0.508 e. The van der Waals surface area contributed by atoms with Crippen LogP contribution >= 0.6 is 0 Å². The number of hydrogen-bond acceptors (Lipinski definition) is 4. The average Bonchev–Trinajstić information content (AvgIpc) is 3.08. The number of phenolic OH excluding ortho intramolecular Hbond substituents is 1. The van der Waals surface area contributed by atoms with Gasteiger partial charge in [0.15, 0.2) is 0 Å². The summed E-state index contributed by atoms with van der Waals surface area (Å²) in [6.07, 6.45) is 0. The van der Waals surface area contributed by atoms with Crippen molar-refractivity contribution in [2.75, 3.05) is 31.1 Å². The highest BCUT2D eigenvalue weighted by atomic mass is 19.3. The lowest BCUT2D eigenvalue weighted by Crippen LogP contribution is -2.47. The molecule has 0 bridgehead atoms. The first-order valence-corrected chi connectivity index (χ1v) is 9.07. The summed E-state index contributed by atoms with van der Waals surface area (Å²) >= 11 is 0. The van der Waals surface area contributed by atoms with Crippen LogP contribution in [0.5, 0.6) is 5.75 Å². The zero-order valence-corrected chi connectivity index (χ0v) is 15.1. The number of anilines is 1. The van der Waals surface area contributed by atoms with Gasteiger partial charge in [-0.25, -0.2) is 4.98 Å². The fraction of sp³-hybridized carbons (Fsp3) is 0.350. The summed E-state index contributed by atoms with van der Waals surface area (Å²) in [6.45, 7) is 2.43. The number of alkyl halides is 2. The summed E-state index contributed by atoms with van der Waals surface area (Å²) in [7, 11) is 0. The fourth-order valence-electron chi connectivity index (χ4n) is 3.76. The summed E-state index contributed by atoms with van der Waals surface area (Å²) < 4.78 is 28.5. The van der Waals surface area contributed by atoms with E-state index in [1.54, 1.807) is 30.3 Å². The van der Waals surface area contributed by atoms with Crippen LogP contribution in [0.1, 0.15) is 25.3 Å². The fourth-order valence-corrected chi connectivity index (χ4v) is 3.76. The van der Waals surface area contributed by atoms with Gasteiger partial charge in [-0.2, -0.15) is 8.78 Å². The molecule has 1 fully saturated rings. The second-order valence-electron chi connectivity index (χ2n) is 6.82. The summed E-state index contributed by atoms with van der Waals surface area (Å²) in [5.41, 5.74) is 2.12. The molecule has 0 spiro atoms. The Labute approximate surface area is 156 Å². The second-order valence-corrected chi connectivity index (χ2v) is 6.82. The number of aromatic nitrogens is 2. The van der Waals surface area contributed by atoms with Crippen molar-refractivity contribution >= 4 is 16.7 Å². The number of para-hydroxylation sites is 2. The minimum atomic E-state index is -2.62. The van der Waals surface area contributed by atoms with E-state index in [1.165, 1.54) is 0 Å². The topological polar surface area (TPSA) is 44.5 Å². The van der Waals surface area contributed by atoms with Crippen LogP contribution in [0.3, 0.4) is 0 Å². The van der Waals surface area contributed by atoms with Crippen molar-refractivity contribution in [1.82, 2.24) is 14.5 Å². The third kappa shape index (κ3) is 3.35. The number of aromatic hydroxyl groups is 1. The summed E-state index contributed by atoms with van der Waals surface area (Å²) in [5.74, 6) is 0.654. The summed E-state index contributed by atoms with van der Waals surface area (Å²) in [5, 5.41) is 9.43. The third-order valence-electron chi connectivity index (χ3n) is 5.27. The molecule has 3 aromatic rings. The zero-order chi connectivity index (χ0) is 19.0. The van der Waals surface area contributed by atoms with Crippen LogP contribution in [0.25, 0.3) is 11.0 Å². The highest BCUT2D eigenvalue weighted by Crippen LogP contribution is 2.30. The molecule has 0 saturated carbocycles. The molecule has 0 amide bonds. The average molecular weight is 372 g/mol. The maximum Gasteiger partial charge on any atom is 0.320 e. The summed E-state index contributed by atoms with van der Waals surface area (Å²) in [6, 6.07) is 14.0. The minimum Gasteiger partial charge on any atom is -0.508 e. The Morgan fingerprint density at radius 2 is 1.63 bits per heavy atom. The van der Waals surface area contributed by atoms with E-state index in [2.05, 4.69) is 14.8 Å². The van der Waals surface area contributed by atoms with Gasteiger partial charge >= 0.3 is 6.55 Å². The van der Waals surface area contributed by atoms with Crippen molar-refractivity contribution in [2.45, 2.75) is 19.5 Å². The van der Waals surface area contributed by atoms with E-state index in [0.29, 0.717) is 16.9 Å². The SMILES string of the molecule is CC(c1nc2ccccc2n1C(F)F)N1CCN(c2ccc(O)cc2)CC1. The quantitative estimate of drug-likeness (QED) is 0.751. The van der Waals surface area contributed by atoms with Crippen molar-refractivity contribution in [1.29, 1.82) is 0 Å². The van der Waals surface area contributed by atoms with Gasteiger partial charge in [-0.3, -0.25) is 9.47 Å². The standard InChI is InChI=1S/C20H22F2N4O/c1-14(19-23-17-4-2-3-5-18(17)26(19)20(21)22)24-10-12-25(13-11-24)15-6-8-16(27)9-7-15/h2-9,14,20,27H,10-13H2,1H3. The zero-order valence-electron chi connectivity index (χ0n) is 15.1. The Bertz CT molecular complexity index is 917. The number of piperazine rings is 1. The smallest absolute Gasteiger partial charge is 0.320 e. The van der Waals surface area contributed by atoms with Crippen LogP contribution in [-0.2, 0) is 0 Å². The number of hydrogen-bond donors (Lipinski definition) is 1. The maximum absolute atomic E-state index is 13.7. The van der Waals surface area contributed by atoms with Crippen LogP contribution in [-0.4, -0.2) is 45.7 Å². The van der Waals surface area contributed by atoms with E-state index in [1.807, 2.05) is 25.1 Å². The third-order valence-corrected chi connectivity index (χ3v) is 5.27. The van der Waals surface area contributed by atoms with E-state index in [4.69, 9.17) is 0 Å². The van der Waals surface area contributed by atoms with Gasteiger partial charge in [0, 0.05) is 31.9 Å². The van der Waals surface area contributed by atoms with Gasteiger partial charge < -0.3 is 10.0 Å². The van der Waals surface area contributed by atoms with Gasteiger partial charge in [-0.1, -0.05) is 12.1 Å². The van der Waals surface area contributed by atoms with Gasteiger partial charge in [-0.15, -0.1) is 0 Å². The number of rotatable bonds is 4. The normalized spacial score (nSPS) is 17.0. The van der Waals surface area contributed by atoms with Gasteiger partial charge in [0.2, 0.25) is 0 Å². The molecule has 1 aromatic heterocycles. The Morgan fingerprint density at radius 1 is 0.963 bits per heavy atom. The van der Waals surface area contributed by atoms with E-state index in [-0.39, 0.29) is 11.8 Å². The molecule has 1 aliphatic rings. The number of fused-ring (bicyclic) bond motifs is 1. The van der Waals surface area contributed by atoms with Crippen LogP contribution in [0, 0.1) is 0 Å². The molecule has 27 heavy (non-hydrogen) atoms. The highest BCUT2D eigenvalue weighted by molar-refractivity contribution is 5.76. The number of halogens is 2. The molecule has 0 radical (unpaired) electrons. The lowest BCUT2D eigenvalue weighted by molar-refractivity contribution is 0.0641. The molecular formula is C20H22F2N4O. The number of benzene rings is 2. The molecule has 7 heteroatoms. The predicted octanol–water partition coefficient (Wildman–Crippen LogP) is 4.02. The Kier molecular flexibility index (Phi) is 4.70. The Balaban J connectivity index is 1.53. The van der Waals surface area contributed by atoms with Gasteiger partial charge in [0.1, 0.15) is 11.6 Å². The molecule has 142 valence electrons. The van der Waals surface area contributed by atoms with E-state index < -0.39 is 6.55 Å². The molecule has 1 N–H and O–H groups in total. The first-order chi connectivity index (χ1) is 13.0. The second kappa shape index (κ2) is 7.15. The number of phenols is 1. The van der Waals surface area contributed by atoms with Crippen molar-refractivity contribution in [2.24, 2.45) is 0 Å². The molecule has 0 aliphatic carbocycles. The predicted molar refractivity (Wildman–Crippen MR) is 101 cm³/mol. The van der Waals surface area contributed by atoms with Crippen molar-refractivity contribution in [3.8, 4) is 5.75 Å². The minimum absolute atomic E-state index is 0.201. The molecule has 2 aromatic carbocycles. The molecule has 2 heterocycles. The van der Waals surface area contributed by atoms with Gasteiger partial charge in [0.25, 0.3) is 0 Å². The van der Waals surface area contributed by atoms with Gasteiger partial charge in [0.05, 0.1) is 17.1 Å². The first-order valence-electron chi connectivity index (χ1n) is 9.07. The van der Waals surface area contributed by atoms with E-state index in [0.717, 1.165) is 36.4 Å². The molecule has 5 nitrogen and oxygen atoms in total. The molecule has 4 rings (SSSR count). The Hall–Kier alpha value is -2.67. The molecule has 1 saturated heterocycles. The Morgan fingerprint density at radius 3 is 2.30 bits per heavy atom. The lowest BCUT2D eigenvalue weighted by atomic mass is 10.2. The van der Waals surface area contributed by atoms with Crippen molar-refractivity contribution in [3.05, 3.63) is 54.4 Å². The maximum atomic E-state index is 13.7. The van der Waals surface area contributed by atoms with E-state index >= 15 is 0 Å². The molecule has 1 aliphatic heterocycles. The lowest BCUT2D eigenvalue weighted by Gasteiger charge is -2.39. The number of imidazole rings is 1. The van der Waals surface area contributed by atoms with Crippen LogP contribution in [0.15, 0.2) is 48.5 Å². The van der Waals surface area contributed by atoms with Crippen LogP contribution in [0.4, 0.5) is 14.5 Å². The van der Waals surface area contributed by atoms with E-state index in [9.17, 15) is 13.9 Å². The van der Waals surface area contributed by atoms with Crippen molar-refractivity contribution in [3.63, 3.8) is 0 Å². The molecular weight excluding hydrogens is 350 g/mol. The number of nitrogens with zero attached hydrogens (tertiary/aromatic N) is 4. The molecule has 1 atom stereocenters. The van der Waals surface area contributed by atoms with Crippen LogP contribution in [0.2, 0.25) is 0 Å². The van der Waals surface area contributed by atoms with Crippen LogP contribution < -0.4 is 4.90 Å². The molecule has 1 unspecified atom stereocenters. The van der Waals surface area contributed by atoms with Crippen molar-refractivity contribution < 1.29 is 13.9 Å². The highest BCUT2D eigenvalue weighted by Gasteiger charge is 2.28.